The molecule has 18 heavy (non-hydrogen) atoms. The summed E-state index contributed by atoms with van der Waals surface area (Å²) >= 11 is 0. The minimum absolute atomic E-state index is 0.0952. The van der Waals surface area contributed by atoms with Crippen LogP contribution in [-0.2, 0) is 18.4 Å². The van der Waals surface area contributed by atoms with Gasteiger partial charge in [-0.2, -0.15) is 0 Å². The zero-order valence-electron chi connectivity index (χ0n) is 10.5. The first-order valence-electron chi connectivity index (χ1n) is 5.56. The van der Waals surface area contributed by atoms with Gasteiger partial charge in [-0.05, 0) is 11.6 Å². The fourth-order valence-electron chi connectivity index (χ4n) is 1.34. The summed E-state index contributed by atoms with van der Waals surface area (Å²) in [5, 5.41) is 0. The molecule has 0 aliphatic carbocycles. The Hall–Kier alpha value is -1.22. The Morgan fingerprint density at radius 2 is 1.83 bits per heavy atom. The third-order valence-corrected chi connectivity index (χ3v) is 4.33. The number of benzene rings is 1. The molecule has 1 rings (SSSR count). The van der Waals surface area contributed by atoms with E-state index in [0.717, 1.165) is 5.56 Å². The predicted octanol–water partition coefficient (Wildman–Crippen LogP) is 3.14. The largest absolute Gasteiger partial charge is 0.330 e. The van der Waals surface area contributed by atoms with E-state index in [1.807, 2.05) is 30.3 Å². The van der Waals surface area contributed by atoms with Crippen LogP contribution in [0.1, 0.15) is 12.0 Å². The molecule has 0 aliphatic rings. The summed E-state index contributed by atoms with van der Waals surface area (Å²) in [5.74, 6) is -0.104. The summed E-state index contributed by atoms with van der Waals surface area (Å²) in [4.78, 5) is 11.6. The third-order valence-electron chi connectivity index (χ3n) is 2.45. The van der Waals surface area contributed by atoms with Gasteiger partial charge in [-0.25, -0.2) is 0 Å². The fourth-order valence-corrected chi connectivity index (χ4v) is 2.35. The molecule has 0 aromatic heterocycles. The normalized spacial score (nSPS) is 11.9. The maximum absolute atomic E-state index is 11.7. The van der Waals surface area contributed by atoms with E-state index in [1.54, 1.807) is 6.08 Å². The Morgan fingerprint density at radius 1 is 1.22 bits per heavy atom. The Labute approximate surface area is 107 Å². The highest BCUT2D eigenvalue weighted by molar-refractivity contribution is 7.53. The molecule has 0 saturated heterocycles. The average molecular weight is 268 g/mol. The summed E-state index contributed by atoms with van der Waals surface area (Å²) in [6, 6.07) is 9.51. The molecule has 0 heterocycles. The molecule has 1 aromatic carbocycles. The molecule has 98 valence electrons. The Balaban J connectivity index is 2.48. The van der Waals surface area contributed by atoms with Crippen LogP contribution in [0.2, 0.25) is 0 Å². The number of hydrogen-bond donors (Lipinski definition) is 0. The first-order valence-corrected chi connectivity index (χ1v) is 7.29. The first kappa shape index (κ1) is 14.8. The van der Waals surface area contributed by atoms with Crippen LogP contribution in [0.5, 0.6) is 0 Å². The fraction of sp³-hybridized carbons (Fsp3) is 0.308. The van der Waals surface area contributed by atoms with Gasteiger partial charge in [0.15, 0.2) is 5.78 Å². The van der Waals surface area contributed by atoms with Gasteiger partial charge < -0.3 is 9.05 Å². The zero-order valence-corrected chi connectivity index (χ0v) is 11.4. The van der Waals surface area contributed by atoms with Crippen molar-refractivity contribution in [3.8, 4) is 0 Å². The highest BCUT2D eigenvalue weighted by Crippen LogP contribution is 2.46. The molecule has 5 heteroatoms. The van der Waals surface area contributed by atoms with Crippen molar-refractivity contribution in [1.29, 1.82) is 0 Å². The number of carbonyl (C=O) groups is 1. The van der Waals surface area contributed by atoms with E-state index in [9.17, 15) is 9.36 Å². The van der Waals surface area contributed by atoms with Crippen LogP contribution >= 0.6 is 7.60 Å². The predicted molar refractivity (Wildman–Crippen MR) is 71.6 cm³/mol. The van der Waals surface area contributed by atoms with Crippen molar-refractivity contribution in [3.63, 3.8) is 0 Å². The van der Waals surface area contributed by atoms with Gasteiger partial charge in [-0.15, -0.1) is 0 Å². The molecule has 0 amide bonds. The molecule has 0 radical (unpaired) electrons. The summed E-state index contributed by atoms with van der Waals surface area (Å²) in [6.45, 7) is 0. The van der Waals surface area contributed by atoms with Crippen molar-refractivity contribution in [3.05, 3.63) is 42.0 Å². The van der Waals surface area contributed by atoms with Gasteiger partial charge in [0.2, 0.25) is 0 Å². The molecule has 0 saturated carbocycles. The first-order chi connectivity index (χ1) is 8.59. The Bertz CT molecular complexity index is 445. The molecular formula is C13H17O4P. The Morgan fingerprint density at radius 3 is 2.39 bits per heavy atom. The number of allylic oxidation sites excluding steroid dienone is 1. The number of carbonyl (C=O) groups excluding carboxylic acids is 1. The average Bonchev–Trinajstić information content (AvgIpc) is 2.43. The molecule has 0 unspecified atom stereocenters. The van der Waals surface area contributed by atoms with Gasteiger partial charge in [0.1, 0.15) is 0 Å². The van der Waals surface area contributed by atoms with Gasteiger partial charge in [0.25, 0.3) is 0 Å². The smallest absolute Gasteiger partial charge is 0.312 e. The van der Waals surface area contributed by atoms with Crippen LogP contribution < -0.4 is 0 Å². The molecule has 1 aromatic rings. The van der Waals surface area contributed by atoms with E-state index in [-0.39, 0.29) is 18.4 Å². The van der Waals surface area contributed by atoms with Crippen molar-refractivity contribution in [2.24, 2.45) is 0 Å². The van der Waals surface area contributed by atoms with Crippen molar-refractivity contribution in [2.75, 3.05) is 20.4 Å². The highest BCUT2D eigenvalue weighted by atomic mass is 31.2. The van der Waals surface area contributed by atoms with Crippen LogP contribution in [0, 0.1) is 0 Å². The molecule has 0 aliphatic heterocycles. The summed E-state index contributed by atoms with van der Waals surface area (Å²) in [7, 11) is -0.457. The van der Waals surface area contributed by atoms with E-state index in [0.29, 0.717) is 0 Å². The maximum atomic E-state index is 11.7. The van der Waals surface area contributed by atoms with E-state index in [2.05, 4.69) is 0 Å². The van der Waals surface area contributed by atoms with Crippen LogP contribution in [0.4, 0.5) is 0 Å². The van der Waals surface area contributed by atoms with Gasteiger partial charge in [0, 0.05) is 20.6 Å². The van der Waals surface area contributed by atoms with Crippen molar-refractivity contribution < 1.29 is 18.4 Å². The zero-order chi connectivity index (χ0) is 13.4. The quantitative estimate of drug-likeness (QED) is 0.563. The van der Waals surface area contributed by atoms with Crippen molar-refractivity contribution in [2.45, 2.75) is 6.42 Å². The second kappa shape index (κ2) is 7.27. The van der Waals surface area contributed by atoms with Crippen molar-refractivity contribution in [1.82, 2.24) is 0 Å². The number of ketones is 1. The topological polar surface area (TPSA) is 52.6 Å². The standard InChI is InChI=1S/C13H17O4P/c1-16-18(15,17-2)11-10-13(14)9-8-12-6-4-3-5-7-12/h3-9H,10-11H2,1-2H3/b9-8+. The minimum Gasteiger partial charge on any atom is -0.312 e. The summed E-state index contributed by atoms with van der Waals surface area (Å²) < 4.78 is 21.2. The molecule has 0 spiro atoms. The van der Waals surface area contributed by atoms with Gasteiger partial charge in [0.05, 0.1) is 6.16 Å². The second-order valence-corrected chi connectivity index (χ2v) is 6.06. The molecule has 4 nitrogen and oxygen atoms in total. The lowest BCUT2D eigenvalue weighted by atomic mass is 10.2. The molecule has 0 N–H and O–H groups in total. The minimum atomic E-state index is -3.09. The SMILES string of the molecule is COP(=O)(CCC(=O)/C=C/c1ccccc1)OC. The highest BCUT2D eigenvalue weighted by Gasteiger charge is 2.21. The van der Waals surface area contributed by atoms with Crippen LogP contribution in [0.25, 0.3) is 6.08 Å². The van der Waals surface area contributed by atoms with Crippen LogP contribution in [0.3, 0.4) is 0 Å². The van der Waals surface area contributed by atoms with Crippen molar-refractivity contribution >= 4 is 19.5 Å². The monoisotopic (exact) mass is 268 g/mol. The van der Waals surface area contributed by atoms with Gasteiger partial charge in [-0.3, -0.25) is 9.36 Å². The summed E-state index contributed by atoms with van der Waals surface area (Å²) in [6.07, 6.45) is 3.44. The Kier molecular flexibility index (Phi) is 5.99. The number of hydrogen-bond acceptors (Lipinski definition) is 4. The van der Waals surface area contributed by atoms with E-state index in [4.69, 9.17) is 9.05 Å². The maximum Gasteiger partial charge on any atom is 0.330 e. The van der Waals surface area contributed by atoms with Crippen LogP contribution in [0.15, 0.2) is 36.4 Å². The van der Waals surface area contributed by atoms with Crippen LogP contribution in [-0.4, -0.2) is 26.2 Å². The molecule has 0 fully saturated rings. The molecule has 0 atom stereocenters. The van der Waals surface area contributed by atoms with Gasteiger partial charge in [-0.1, -0.05) is 36.4 Å². The molecule has 0 bridgehead atoms. The summed E-state index contributed by atoms with van der Waals surface area (Å²) in [5.41, 5.74) is 0.951. The van der Waals surface area contributed by atoms with E-state index < -0.39 is 7.60 Å². The lowest BCUT2D eigenvalue weighted by Gasteiger charge is -2.11. The lowest BCUT2D eigenvalue weighted by Crippen LogP contribution is -2.01. The van der Waals surface area contributed by atoms with E-state index in [1.165, 1.54) is 20.3 Å². The second-order valence-electron chi connectivity index (χ2n) is 3.66. The van der Waals surface area contributed by atoms with Gasteiger partial charge >= 0.3 is 7.60 Å². The molecular weight excluding hydrogens is 251 g/mol. The number of rotatable bonds is 7. The lowest BCUT2D eigenvalue weighted by molar-refractivity contribution is -0.114. The third kappa shape index (κ3) is 4.96. The van der Waals surface area contributed by atoms with E-state index >= 15 is 0 Å².